The van der Waals surface area contributed by atoms with Crippen LogP contribution in [0.4, 0.5) is 0 Å². The number of rotatable bonds is 4. The number of fused-ring (bicyclic) bond motifs is 1. The number of hydrogen-bond acceptors (Lipinski definition) is 2. The summed E-state index contributed by atoms with van der Waals surface area (Å²) >= 11 is 1.65. The minimum atomic E-state index is 0.135. The molecule has 2 nitrogen and oxygen atoms in total. The third kappa shape index (κ3) is 2.58. The Kier molecular flexibility index (Phi) is 3.90. The molecule has 2 aromatic carbocycles. The number of nitrogens with one attached hydrogen (secondary N) is 1. The van der Waals surface area contributed by atoms with Crippen LogP contribution in [-0.4, -0.2) is 12.5 Å². The van der Waals surface area contributed by atoms with Crippen LogP contribution in [0, 0.1) is 5.92 Å². The topological polar surface area (TPSA) is 29.1 Å². The molecule has 0 fully saturated rings. The predicted octanol–water partition coefficient (Wildman–Crippen LogP) is 4.70. The van der Waals surface area contributed by atoms with Crippen LogP contribution in [0.3, 0.4) is 0 Å². The maximum Gasteiger partial charge on any atom is 0.225 e. The van der Waals surface area contributed by atoms with E-state index in [9.17, 15) is 4.79 Å². The van der Waals surface area contributed by atoms with Gasteiger partial charge < -0.3 is 5.32 Å². The zero-order valence-electron chi connectivity index (χ0n) is 14.5. The Hall–Kier alpha value is -2.39. The molecule has 0 spiro atoms. The Balaban J connectivity index is 1.39. The molecule has 3 heteroatoms. The molecule has 3 aliphatic rings. The lowest BCUT2D eigenvalue weighted by atomic mass is 9.59. The number of carbonyl (C=O) groups excluding carboxylic acids is 1. The summed E-state index contributed by atoms with van der Waals surface area (Å²) in [5.41, 5.74) is 5.88. The van der Waals surface area contributed by atoms with Gasteiger partial charge in [0.05, 0.1) is 6.42 Å². The van der Waals surface area contributed by atoms with Crippen LogP contribution in [-0.2, 0) is 11.2 Å². The Morgan fingerprint density at radius 3 is 2.19 bits per heavy atom. The molecule has 1 atom stereocenters. The third-order valence-corrected chi connectivity index (χ3v) is 6.78. The van der Waals surface area contributed by atoms with Crippen LogP contribution >= 0.6 is 11.3 Å². The summed E-state index contributed by atoms with van der Waals surface area (Å²) in [5.74, 6) is 1.47. The van der Waals surface area contributed by atoms with Gasteiger partial charge >= 0.3 is 0 Å². The summed E-state index contributed by atoms with van der Waals surface area (Å²) in [6, 6.07) is 21.8. The summed E-state index contributed by atoms with van der Waals surface area (Å²) in [5, 5.41) is 5.23. The molecule has 1 aromatic heterocycles. The first kappa shape index (κ1) is 15.8. The Bertz CT molecular complexity index is 899. The fourth-order valence-electron chi connectivity index (χ4n) is 4.84. The van der Waals surface area contributed by atoms with Gasteiger partial charge in [-0.15, -0.1) is 11.3 Å². The fraction of sp³-hybridized carbons (Fsp3) is 0.261. The molecule has 1 heterocycles. The summed E-state index contributed by atoms with van der Waals surface area (Å²) in [4.78, 5) is 13.5. The predicted molar refractivity (Wildman–Crippen MR) is 106 cm³/mol. The minimum absolute atomic E-state index is 0.135. The van der Waals surface area contributed by atoms with Gasteiger partial charge in [0, 0.05) is 23.3 Å². The van der Waals surface area contributed by atoms with E-state index in [1.165, 1.54) is 22.3 Å². The van der Waals surface area contributed by atoms with Gasteiger partial charge in [-0.1, -0.05) is 54.6 Å². The van der Waals surface area contributed by atoms with Crippen molar-refractivity contribution in [1.29, 1.82) is 0 Å². The summed E-state index contributed by atoms with van der Waals surface area (Å²) < 4.78 is 0. The SMILES string of the molecule is O=C(Cc1cccs1)NCC1CC2c3ccccc3C1c1ccccc12. The highest BCUT2D eigenvalue weighted by atomic mass is 32.1. The Morgan fingerprint density at radius 2 is 1.58 bits per heavy atom. The van der Waals surface area contributed by atoms with E-state index >= 15 is 0 Å². The Labute approximate surface area is 157 Å². The highest BCUT2D eigenvalue weighted by molar-refractivity contribution is 7.10. The molecule has 0 radical (unpaired) electrons. The fourth-order valence-corrected chi connectivity index (χ4v) is 5.54. The summed E-state index contributed by atoms with van der Waals surface area (Å²) in [6.45, 7) is 0.758. The molecule has 0 saturated carbocycles. The maximum absolute atomic E-state index is 12.3. The second kappa shape index (κ2) is 6.40. The van der Waals surface area contributed by atoms with Crippen molar-refractivity contribution in [3.8, 4) is 0 Å². The molecule has 3 aliphatic carbocycles. The van der Waals surface area contributed by atoms with E-state index in [0.717, 1.165) is 17.8 Å². The lowest BCUT2D eigenvalue weighted by Crippen LogP contribution is -2.39. The molecule has 0 aliphatic heterocycles. The van der Waals surface area contributed by atoms with Crippen molar-refractivity contribution >= 4 is 17.2 Å². The van der Waals surface area contributed by atoms with E-state index in [1.807, 2.05) is 17.5 Å². The van der Waals surface area contributed by atoms with Crippen molar-refractivity contribution in [3.63, 3.8) is 0 Å². The molecule has 1 amide bonds. The quantitative estimate of drug-likeness (QED) is 0.718. The number of carbonyl (C=O) groups is 1. The molecular weight excluding hydrogens is 338 g/mol. The normalized spacial score (nSPS) is 22.5. The highest BCUT2D eigenvalue weighted by Crippen LogP contribution is 2.55. The average molecular weight is 359 g/mol. The van der Waals surface area contributed by atoms with Gasteiger partial charge in [-0.2, -0.15) is 0 Å². The van der Waals surface area contributed by atoms with E-state index in [0.29, 0.717) is 24.2 Å². The molecule has 0 saturated heterocycles. The number of thiophene rings is 1. The minimum Gasteiger partial charge on any atom is -0.355 e. The lowest BCUT2D eigenvalue weighted by molar-refractivity contribution is -0.120. The van der Waals surface area contributed by atoms with Gasteiger partial charge in [0.15, 0.2) is 0 Å². The summed E-state index contributed by atoms with van der Waals surface area (Å²) in [7, 11) is 0. The van der Waals surface area contributed by atoms with Crippen molar-refractivity contribution in [2.24, 2.45) is 5.92 Å². The average Bonchev–Trinajstić information content (AvgIpc) is 3.19. The summed E-state index contributed by atoms with van der Waals surface area (Å²) in [6.07, 6.45) is 1.61. The van der Waals surface area contributed by atoms with Crippen molar-refractivity contribution in [3.05, 3.63) is 93.2 Å². The lowest BCUT2D eigenvalue weighted by Gasteiger charge is -2.45. The van der Waals surface area contributed by atoms with E-state index in [2.05, 4.69) is 53.8 Å². The van der Waals surface area contributed by atoms with Gasteiger partial charge in [0.25, 0.3) is 0 Å². The van der Waals surface area contributed by atoms with Crippen molar-refractivity contribution in [2.75, 3.05) is 6.54 Å². The van der Waals surface area contributed by atoms with Gasteiger partial charge in [-0.3, -0.25) is 4.79 Å². The number of hydrogen-bond donors (Lipinski definition) is 1. The van der Waals surface area contributed by atoms with Crippen molar-refractivity contribution in [2.45, 2.75) is 24.7 Å². The van der Waals surface area contributed by atoms with Gasteiger partial charge in [-0.05, 0) is 46.0 Å². The van der Waals surface area contributed by atoms with Crippen LogP contribution in [0.15, 0.2) is 66.0 Å². The van der Waals surface area contributed by atoms with E-state index in [-0.39, 0.29) is 5.91 Å². The molecule has 6 rings (SSSR count). The van der Waals surface area contributed by atoms with Crippen molar-refractivity contribution < 1.29 is 4.79 Å². The van der Waals surface area contributed by atoms with Gasteiger partial charge in [-0.25, -0.2) is 0 Å². The van der Waals surface area contributed by atoms with Crippen molar-refractivity contribution in [1.82, 2.24) is 5.32 Å². The first-order valence-electron chi connectivity index (χ1n) is 9.28. The molecule has 2 bridgehead atoms. The third-order valence-electron chi connectivity index (χ3n) is 5.90. The smallest absolute Gasteiger partial charge is 0.225 e. The first-order valence-corrected chi connectivity index (χ1v) is 10.2. The zero-order chi connectivity index (χ0) is 17.5. The standard InChI is InChI=1S/C23H21NOS/c25-22(13-16-6-5-11-26-16)24-14-15-12-21-17-7-1-3-9-19(17)23(15)20-10-4-2-8-18(20)21/h1-11,15,21,23H,12-14H2,(H,24,25). The zero-order valence-corrected chi connectivity index (χ0v) is 15.3. The molecule has 1 unspecified atom stereocenters. The van der Waals surface area contributed by atoms with Crippen LogP contribution < -0.4 is 5.32 Å². The molecule has 3 aromatic rings. The molecule has 1 N–H and O–H groups in total. The molecule has 130 valence electrons. The highest BCUT2D eigenvalue weighted by Gasteiger charge is 2.42. The molecular formula is C23H21NOS. The van der Waals surface area contributed by atoms with Crippen LogP contribution in [0.5, 0.6) is 0 Å². The number of benzene rings is 2. The van der Waals surface area contributed by atoms with Crippen LogP contribution in [0.1, 0.15) is 45.4 Å². The van der Waals surface area contributed by atoms with Gasteiger partial charge in [0.2, 0.25) is 5.91 Å². The largest absolute Gasteiger partial charge is 0.355 e. The second-order valence-electron chi connectivity index (χ2n) is 7.34. The first-order chi connectivity index (χ1) is 12.8. The number of amides is 1. The van der Waals surface area contributed by atoms with E-state index < -0.39 is 0 Å². The Morgan fingerprint density at radius 1 is 0.923 bits per heavy atom. The molecule has 26 heavy (non-hydrogen) atoms. The van der Waals surface area contributed by atoms with E-state index in [4.69, 9.17) is 0 Å². The van der Waals surface area contributed by atoms with Crippen LogP contribution in [0.2, 0.25) is 0 Å². The van der Waals surface area contributed by atoms with Crippen LogP contribution in [0.25, 0.3) is 0 Å². The van der Waals surface area contributed by atoms with E-state index in [1.54, 1.807) is 11.3 Å². The monoisotopic (exact) mass is 359 g/mol. The second-order valence-corrected chi connectivity index (χ2v) is 8.38. The maximum atomic E-state index is 12.3. The van der Waals surface area contributed by atoms with Gasteiger partial charge in [0.1, 0.15) is 0 Å².